The molecule has 2 N–H and O–H groups in total. The number of rotatable bonds is 7. The number of carboxylic acids is 1. The van der Waals surface area contributed by atoms with E-state index < -0.39 is 28.6 Å². The maximum atomic E-state index is 12.5. The zero-order valence-electron chi connectivity index (χ0n) is 12.7. The van der Waals surface area contributed by atoms with E-state index in [9.17, 15) is 18.0 Å². The maximum absolute atomic E-state index is 12.5. The van der Waals surface area contributed by atoms with E-state index in [1.807, 2.05) is 0 Å². The number of hydrogen-bond donors (Lipinski definition) is 2. The van der Waals surface area contributed by atoms with Crippen LogP contribution in [0, 0.1) is 0 Å². The summed E-state index contributed by atoms with van der Waals surface area (Å²) < 4.78 is 25.9. The van der Waals surface area contributed by atoms with Gasteiger partial charge in [0.05, 0.1) is 4.90 Å². The standard InChI is InChI=1S/C14H20N2O5S/c1-4-13(17)15-11-5-7-12(8-6-11)22(20,21)16(10(2)3)9-14(18)19/h5-8,10H,4,9H2,1-3H3,(H,15,17)(H,18,19). The van der Waals surface area contributed by atoms with E-state index in [4.69, 9.17) is 5.11 Å². The summed E-state index contributed by atoms with van der Waals surface area (Å²) in [7, 11) is -3.91. The lowest BCUT2D eigenvalue weighted by Gasteiger charge is -2.24. The molecular formula is C14H20N2O5S. The van der Waals surface area contributed by atoms with Gasteiger partial charge in [0.25, 0.3) is 0 Å². The van der Waals surface area contributed by atoms with Crippen LogP contribution < -0.4 is 5.32 Å². The summed E-state index contributed by atoms with van der Waals surface area (Å²) in [5, 5.41) is 11.5. The SMILES string of the molecule is CCC(=O)Nc1ccc(S(=O)(=O)N(CC(=O)O)C(C)C)cc1. The first kappa shape index (κ1) is 18.1. The van der Waals surface area contributed by atoms with E-state index in [2.05, 4.69) is 5.32 Å². The minimum atomic E-state index is -3.91. The summed E-state index contributed by atoms with van der Waals surface area (Å²) in [5.41, 5.74) is 0.486. The number of anilines is 1. The Balaban J connectivity index is 3.06. The van der Waals surface area contributed by atoms with Crippen molar-refractivity contribution in [2.75, 3.05) is 11.9 Å². The van der Waals surface area contributed by atoms with Gasteiger partial charge in [-0.25, -0.2) is 8.42 Å². The van der Waals surface area contributed by atoms with Crippen LogP contribution >= 0.6 is 0 Å². The topological polar surface area (TPSA) is 104 Å². The van der Waals surface area contributed by atoms with Gasteiger partial charge in [-0.2, -0.15) is 4.31 Å². The van der Waals surface area contributed by atoms with Crippen LogP contribution in [-0.4, -0.2) is 42.3 Å². The first-order valence-electron chi connectivity index (χ1n) is 6.82. The summed E-state index contributed by atoms with van der Waals surface area (Å²) >= 11 is 0. The van der Waals surface area contributed by atoms with E-state index in [-0.39, 0.29) is 10.8 Å². The smallest absolute Gasteiger partial charge is 0.318 e. The second kappa shape index (κ2) is 7.37. The molecule has 0 atom stereocenters. The zero-order chi connectivity index (χ0) is 16.9. The van der Waals surface area contributed by atoms with Gasteiger partial charge in [-0.15, -0.1) is 0 Å². The van der Waals surface area contributed by atoms with Crippen LogP contribution in [0.25, 0.3) is 0 Å². The molecule has 0 aromatic heterocycles. The predicted octanol–water partition coefficient (Wildman–Crippen LogP) is 1.52. The second-order valence-corrected chi connectivity index (χ2v) is 6.85. The molecule has 0 bridgehead atoms. The highest BCUT2D eigenvalue weighted by atomic mass is 32.2. The monoisotopic (exact) mass is 328 g/mol. The van der Waals surface area contributed by atoms with Gasteiger partial charge in [0.1, 0.15) is 6.54 Å². The number of benzene rings is 1. The van der Waals surface area contributed by atoms with Gasteiger partial charge in [0.15, 0.2) is 0 Å². The number of amides is 1. The average Bonchev–Trinajstić information content (AvgIpc) is 2.44. The van der Waals surface area contributed by atoms with Gasteiger partial charge in [0, 0.05) is 18.2 Å². The number of carboxylic acid groups (broad SMARTS) is 1. The summed E-state index contributed by atoms with van der Waals surface area (Å²) in [4.78, 5) is 22.1. The molecular weight excluding hydrogens is 308 g/mol. The van der Waals surface area contributed by atoms with Crippen molar-refractivity contribution in [2.24, 2.45) is 0 Å². The van der Waals surface area contributed by atoms with Crippen LogP contribution in [0.3, 0.4) is 0 Å². The molecule has 0 radical (unpaired) electrons. The molecule has 0 spiro atoms. The summed E-state index contributed by atoms with van der Waals surface area (Å²) in [6, 6.07) is 5.15. The van der Waals surface area contributed by atoms with Crippen molar-refractivity contribution in [3.05, 3.63) is 24.3 Å². The van der Waals surface area contributed by atoms with Crippen LogP contribution in [0.2, 0.25) is 0 Å². The molecule has 0 heterocycles. The molecule has 1 aromatic rings. The molecule has 0 saturated carbocycles. The third-order valence-electron chi connectivity index (χ3n) is 2.93. The average molecular weight is 328 g/mol. The van der Waals surface area contributed by atoms with Gasteiger partial charge in [0.2, 0.25) is 15.9 Å². The second-order valence-electron chi connectivity index (χ2n) is 4.96. The molecule has 1 rings (SSSR count). The lowest BCUT2D eigenvalue weighted by molar-refractivity contribution is -0.137. The summed E-state index contributed by atoms with van der Waals surface area (Å²) in [6.45, 7) is 4.32. The molecule has 7 nitrogen and oxygen atoms in total. The molecule has 0 unspecified atom stereocenters. The number of carbonyl (C=O) groups is 2. The summed E-state index contributed by atoms with van der Waals surface area (Å²) in [6.07, 6.45) is 0.319. The molecule has 0 aliphatic carbocycles. The van der Waals surface area contributed by atoms with E-state index >= 15 is 0 Å². The van der Waals surface area contributed by atoms with E-state index in [0.29, 0.717) is 12.1 Å². The number of nitrogens with zero attached hydrogens (tertiary/aromatic N) is 1. The van der Waals surface area contributed by atoms with E-state index in [1.54, 1.807) is 20.8 Å². The molecule has 0 aliphatic rings. The Morgan fingerprint density at radius 2 is 1.77 bits per heavy atom. The number of sulfonamides is 1. The first-order valence-corrected chi connectivity index (χ1v) is 8.26. The Morgan fingerprint density at radius 1 is 1.23 bits per heavy atom. The highest BCUT2D eigenvalue weighted by Crippen LogP contribution is 2.20. The predicted molar refractivity (Wildman–Crippen MR) is 82.0 cm³/mol. The Bertz CT molecular complexity index is 638. The minimum absolute atomic E-state index is 0.0167. The van der Waals surface area contributed by atoms with Crippen molar-refractivity contribution < 1.29 is 23.1 Å². The van der Waals surface area contributed by atoms with Crippen LogP contribution in [0.1, 0.15) is 27.2 Å². The Kier molecular flexibility index (Phi) is 6.07. The third kappa shape index (κ3) is 4.54. The van der Waals surface area contributed by atoms with Crippen LogP contribution in [0.4, 0.5) is 5.69 Å². The van der Waals surface area contributed by atoms with E-state index in [1.165, 1.54) is 24.3 Å². The number of hydrogen-bond acceptors (Lipinski definition) is 4. The van der Waals surface area contributed by atoms with Crippen LogP contribution in [0.5, 0.6) is 0 Å². The van der Waals surface area contributed by atoms with Crippen LogP contribution in [-0.2, 0) is 19.6 Å². The Morgan fingerprint density at radius 3 is 2.18 bits per heavy atom. The van der Waals surface area contributed by atoms with Crippen molar-refractivity contribution in [1.29, 1.82) is 0 Å². The fourth-order valence-corrected chi connectivity index (χ4v) is 3.36. The molecule has 122 valence electrons. The normalized spacial score (nSPS) is 11.7. The fourth-order valence-electron chi connectivity index (χ4n) is 1.77. The zero-order valence-corrected chi connectivity index (χ0v) is 13.6. The lowest BCUT2D eigenvalue weighted by atomic mass is 10.3. The van der Waals surface area contributed by atoms with Gasteiger partial charge >= 0.3 is 5.97 Å². The largest absolute Gasteiger partial charge is 0.480 e. The quantitative estimate of drug-likeness (QED) is 0.790. The highest BCUT2D eigenvalue weighted by molar-refractivity contribution is 7.89. The molecule has 22 heavy (non-hydrogen) atoms. The van der Waals surface area contributed by atoms with Crippen molar-refractivity contribution in [1.82, 2.24) is 4.31 Å². The van der Waals surface area contributed by atoms with Gasteiger partial charge in [-0.1, -0.05) is 6.92 Å². The lowest BCUT2D eigenvalue weighted by Crippen LogP contribution is -2.40. The fraction of sp³-hybridized carbons (Fsp3) is 0.429. The molecule has 0 saturated heterocycles. The third-order valence-corrected chi connectivity index (χ3v) is 4.97. The Hall–Kier alpha value is -1.93. The molecule has 0 fully saturated rings. The van der Waals surface area contributed by atoms with E-state index in [0.717, 1.165) is 4.31 Å². The van der Waals surface area contributed by atoms with Gasteiger partial charge in [-0.05, 0) is 38.1 Å². The molecule has 0 aliphatic heterocycles. The number of nitrogens with one attached hydrogen (secondary N) is 1. The highest BCUT2D eigenvalue weighted by Gasteiger charge is 2.28. The van der Waals surface area contributed by atoms with Gasteiger partial charge < -0.3 is 10.4 Å². The van der Waals surface area contributed by atoms with Crippen LogP contribution in [0.15, 0.2) is 29.2 Å². The Labute approximate surface area is 130 Å². The molecule has 1 amide bonds. The number of carbonyl (C=O) groups excluding carboxylic acids is 1. The van der Waals surface area contributed by atoms with Crippen molar-refractivity contribution in [3.8, 4) is 0 Å². The number of aliphatic carboxylic acids is 1. The van der Waals surface area contributed by atoms with Crippen molar-refractivity contribution >= 4 is 27.6 Å². The molecule has 8 heteroatoms. The van der Waals surface area contributed by atoms with Gasteiger partial charge in [-0.3, -0.25) is 9.59 Å². The first-order chi connectivity index (χ1) is 10.2. The minimum Gasteiger partial charge on any atom is -0.480 e. The summed E-state index contributed by atoms with van der Waals surface area (Å²) in [5.74, 6) is -1.39. The maximum Gasteiger partial charge on any atom is 0.318 e. The van der Waals surface area contributed by atoms with Crippen molar-refractivity contribution in [2.45, 2.75) is 38.1 Å². The van der Waals surface area contributed by atoms with Crippen molar-refractivity contribution in [3.63, 3.8) is 0 Å². The molecule has 1 aromatic carbocycles.